The molecule has 0 aliphatic heterocycles. The van der Waals surface area contributed by atoms with Crippen molar-refractivity contribution >= 4 is 23.2 Å². The maximum Gasteiger partial charge on any atom is 0.131 e. The van der Waals surface area contributed by atoms with Crippen LogP contribution in [0, 0.1) is 6.92 Å². The first kappa shape index (κ1) is 13.4. The van der Waals surface area contributed by atoms with Crippen molar-refractivity contribution in [1.29, 1.82) is 0 Å². The van der Waals surface area contributed by atoms with E-state index in [1.54, 1.807) is 0 Å². The Bertz CT molecular complexity index is 542. The summed E-state index contributed by atoms with van der Waals surface area (Å²) < 4.78 is 1.84. The van der Waals surface area contributed by atoms with E-state index in [-0.39, 0.29) is 0 Å². The van der Waals surface area contributed by atoms with E-state index in [0.29, 0.717) is 12.5 Å². The molecule has 0 radical (unpaired) electrons. The molecule has 0 aliphatic rings. The number of nitrogens with zero attached hydrogens (tertiary/aromatic N) is 2. The Kier molecular flexibility index (Phi) is 3.98. The summed E-state index contributed by atoms with van der Waals surface area (Å²) in [4.78, 5) is 0. The molecule has 2 aromatic rings. The van der Waals surface area contributed by atoms with Gasteiger partial charge in [-0.3, -0.25) is 0 Å². The Balaban J connectivity index is 2.30. The van der Waals surface area contributed by atoms with Crippen molar-refractivity contribution in [2.75, 3.05) is 0 Å². The van der Waals surface area contributed by atoms with Gasteiger partial charge in [0.25, 0.3) is 0 Å². The van der Waals surface area contributed by atoms with Crippen LogP contribution >= 0.6 is 23.2 Å². The second-order valence-corrected chi connectivity index (χ2v) is 5.52. The lowest BCUT2D eigenvalue weighted by Gasteiger charge is -2.06. The molecule has 2 rings (SSSR count). The van der Waals surface area contributed by atoms with E-state index in [0.717, 1.165) is 27.0 Å². The third-order valence-corrected chi connectivity index (χ3v) is 3.58. The van der Waals surface area contributed by atoms with Crippen molar-refractivity contribution < 1.29 is 0 Å². The molecule has 0 bridgehead atoms. The lowest BCUT2D eigenvalue weighted by molar-refractivity contribution is 0.680. The third-order valence-electron chi connectivity index (χ3n) is 2.93. The van der Waals surface area contributed by atoms with Gasteiger partial charge in [-0.25, -0.2) is 4.68 Å². The van der Waals surface area contributed by atoms with Gasteiger partial charge in [0.2, 0.25) is 0 Å². The van der Waals surface area contributed by atoms with Crippen LogP contribution in [0.1, 0.15) is 36.6 Å². The summed E-state index contributed by atoms with van der Waals surface area (Å²) in [6.45, 7) is 6.92. The van der Waals surface area contributed by atoms with Crippen molar-refractivity contribution in [3.8, 4) is 0 Å². The highest BCUT2D eigenvalue weighted by atomic mass is 35.5. The highest BCUT2D eigenvalue weighted by Gasteiger charge is 2.16. The van der Waals surface area contributed by atoms with Crippen LogP contribution in [0.5, 0.6) is 0 Å². The summed E-state index contributed by atoms with van der Waals surface area (Å²) in [5, 5.41) is 5.97. The van der Waals surface area contributed by atoms with E-state index < -0.39 is 0 Å². The van der Waals surface area contributed by atoms with Gasteiger partial charge in [-0.2, -0.15) is 5.10 Å². The molecule has 0 N–H and O–H groups in total. The SMILES string of the molecule is Cc1nn(Cc2ccc(Cl)cc2)c(Cl)c1C(C)C. The molecule has 4 heteroatoms. The molecule has 1 aromatic carbocycles. The maximum absolute atomic E-state index is 6.38. The monoisotopic (exact) mass is 282 g/mol. The van der Waals surface area contributed by atoms with E-state index in [2.05, 4.69) is 18.9 Å². The van der Waals surface area contributed by atoms with E-state index in [1.807, 2.05) is 35.9 Å². The number of hydrogen-bond acceptors (Lipinski definition) is 1. The summed E-state index contributed by atoms with van der Waals surface area (Å²) in [6.07, 6.45) is 0. The fourth-order valence-corrected chi connectivity index (χ4v) is 2.67. The molecule has 1 aromatic heterocycles. The molecule has 1 heterocycles. The van der Waals surface area contributed by atoms with Crippen LogP contribution in [0.4, 0.5) is 0 Å². The summed E-state index contributed by atoms with van der Waals surface area (Å²) in [5.41, 5.74) is 3.27. The molecule has 0 atom stereocenters. The summed E-state index contributed by atoms with van der Waals surface area (Å²) in [7, 11) is 0. The lowest BCUT2D eigenvalue weighted by atomic mass is 10.1. The Hall–Kier alpha value is -0.990. The molecule has 0 amide bonds. The average molecular weight is 283 g/mol. The maximum atomic E-state index is 6.38. The fourth-order valence-electron chi connectivity index (χ4n) is 2.09. The van der Waals surface area contributed by atoms with Crippen LogP contribution in [0.15, 0.2) is 24.3 Å². The minimum Gasteiger partial charge on any atom is -0.249 e. The Morgan fingerprint density at radius 3 is 2.28 bits per heavy atom. The van der Waals surface area contributed by atoms with E-state index in [9.17, 15) is 0 Å². The highest BCUT2D eigenvalue weighted by Crippen LogP contribution is 2.27. The first-order chi connectivity index (χ1) is 8.49. The molecule has 18 heavy (non-hydrogen) atoms. The summed E-state index contributed by atoms with van der Waals surface area (Å²) in [5.74, 6) is 0.386. The number of halogens is 2. The molecular formula is C14H16Cl2N2. The van der Waals surface area contributed by atoms with Crippen LogP contribution in [-0.4, -0.2) is 9.78 Å². The zero-order valence-corrected chi connectivity index (χ0v) is 12.3. The number of hydrogen-bond donors (Lipinski definition) is 0. The molecule has 0 saturated heterocycles. The lowest BCUT2D eigenvalue weighted by Crippen LogP contribution is -2.02. The van der Waals surface area contributed by atoms with Gasteiger partial charge < -0.3 is 0 Å². The van der Waals surface area contributed by atoms with Gasteiger partial charge >= 0.3 is 0 Å². The molecule has 0 spiro atoms. The standard InChI is InChI=1S/C14H16Cl2N2/c1-9(2)13-10(3)17-18(14(13)16)8-11-4-6-12(15)7-5-11/h4-7,9H,8H2,1-3H3. The molecule has 0 unspecified atom stereocenters. The van der Waals surface area contributed by atoms with Crippen LogP contribution in [0.2, 0.25) is 10.2 Å². The topological polar surface area (TPSA) is 17.8 Å². The van der Waals surface area contributed by atoms with E-state index in [4.69, 9.17) is 23.2 Å². The first-order valence-corrected chi connectivity index (χ1v) is 6.72. The highest BCUT2D eigenvalue weighted by molar-refractivity contribution is 6.30. The second kappa shape index (κ2) is 5.33. The van der Waals surface area contributed by atoms with Crippen molar-refractivity contribution in [2.24, 2.45) is 0 Å². The van der Waals surface area contributed by atoms with Gasteiger partial charge in [0, 0.05) is 10.6 Å². The fraction of sp³-hybridized carbons (Fsp3) is 0.357. The van der Waals surface area contributed by atoms with Gasteiger partial charge in [0.1, 0.15) is 5.15 Å². The zero-order valence-electron chi connectivity index (χ0n) is 10.7. The summed E-state index contributed by atoms with van der Waals surface area (Å²) in [6, 6.07) is 7.74. The number of benzene rings is 1. The predicted molar refractivity (Wildman–Crippen MR) is 76.6 cm³/mol. The van der Waals surface area contributed by atoms with Gasteiger partial charge in [0.05, 0.1) is 12.2 Å². The number of aromatic nitrogens is 2. The van der Waals surface area contributed by atoms with Crippen molar-refractivity contribution in [3.05, 3.63) is 51.3 Å². The normalized spacial score (nSPS) is 11.2. The minimum atomic E-state index is 0.386. The molecule has 0 fully saturated rings. The van der Waals surface area contributed by atoms with Gasteiger partial charge in [0.15, 0.2) is 0 Å². The minimum absolute atomic E-state index is 0.386. The first-order valence-electron chi connectivity index (χ1n) is 5.96. The van der Waals surface area contributed by atoms with Gasteiger partial charge in [-0.15, -0.1) is 0 Å². The van der Waals surface area contributed by atoms with Gasteiger partial charge in [-0.05, 0) is 30.5 Å². The summed E-state index contributed by atoms with van der Waals surface area (Å²) >= 11 is 12.2. The van der Waals surface area contributed by atoms with Crippen molar-refractivity contribution in [3.63, 3.8) is 0 Å². The van der Waals surface area contributed by atoms with E-state index >= 15 is 0 Å². The smallest absolute Gasteiger partial charge is 0.131 e. The quantitative estimate of drug-likeness (QED) is 0.800. The molecule has 96 valence electrons. The molecular weight excluding hydrogens is 267 g/mol. The Labute approximate surface area is 118 Å². The largest absolute Gasteiger partial charge is 0.249 e. The second-order valence-electron chi connectivity index (χ2n) is 4.73. The van der Waals surface area contributed by atoms with Crippen LogP contribution in [0.25, 0.3) is 0 Å². The predicted octanol–water partition coefficient (Wildman–Crippen LogP) is 4.67. The Morgan fingerprint density at radius 2 is 1.78 bits per heavy atom. The van der Waals surface area contributed by atoms with Gasteiger partial charge in [-0.1, -0.05) is 49.2 Å². The third kappa shape index (κ3) is 2.70. The van der Waals surface area contributed by atoms with Crippen LogP contribution in [-0.2, 0) is 6.54 Å². The average Bonchev–Trinajstić information content (AvgIpc) is 2.57. The van der Waals surface area contributed by atoms with Crippen LogP contribution in [0.3, 0.4) is 0 Å². The van der Waals surface area contributed by atoms with Crippen molar-refractivity contribution in [2.45, 2.75) is 33.2 Å². The zero-order chi connectivity index (χ0) is 13.3. The van der Waals surface area contributed by atoms with E-state index in [1.165, 1.54) is 0 Å². The Morgan fingerprint density at radius 1 is 1.17 bits per heavy atom. The molecule has 2 nitrogen and oxygen atoms in total. The molecule has 0 saturated carbocycles. The van der Waals surface area contributed by atoms with Crippen LogP contribution < -0.4 is 0 Å². The number of rotatable bonds is 3. The number of aryl methyl sites for hydroxylation is 1. The van der Waals surface area contributed by atoms with Crippen molar-refractivity contribution in [1.82, 2.24) is 9.78 Å². The molecule has 0 aliphatic carbocycles.